The molecular formula is C24H18BrClN2O3S. The van der Waals surface area contributed by atoms with Gasteiger partial charge in [-0.2, -0.15) is 0 Å². The lowest BCUT2D eigenvalue weighted by atomic mass is 10.1. The fourth-order valence-corrected chi connectivity index (χ4v) is 4.90. The van der Waals surface area contributed by atoms with Crippen LogP contribution in [0.2, 0.25) is 5.02 Å². The number of hydrogen-bond acceptors (Lipinski definition) is 4. The van der Waals surface area contributed by atoms with Crippen molar-refractivity contribution in [2.45, 2.75) is 6.42 Å². The summed E-state index contributed by atoms with van der Waals surface area (Å²) < 4.78 is 7.47. The number of carbonyl (C=O) groups excluding carboxylic acids is 2. The van der Waals surface area contributed by atoms with Gasteiger partial charge >= 0.3 is 0 Å². The molecule has 1 aromatic heterocycles. The zero-order valence-corrected chi connectivity index (χ0v) is 19.9. The van der Waals surface area contributed by atoms with Crippen LogP contribution in [0.5, 0.6) is 5.75 Å². The summed E-state index contributed by atoms with van der Waals surface area (Å²) in [5.74, 6) is -0.548. The van der Waals surface area contributed by atoms with Gasteiger partial charge in [0, 0.05) is 21.0 Å². The summed E-state index contributed by atoms with van der Waals surface area (Å²) in [5, 5.41) is 1.17. The lowest BCUT2D eigenvalue weighted by molar-refractivity contribution is 0.0846. The predicted octanol–water partition coefficient (Wildman–Crippen LogP) is 6.01. The number of rotatable bonds is 6. The molecule has 0 aliphatic carbocycles. The quantitative estimate of drug-likeness (QED) is 0.300. The minimum Gasteiger partial charge on any atom is -0.492 e. The van der Waals surface area contributed by atoms with Gasteiger partial charge in [-0.25, -0.2) is 0 Å². The summed E-state index contributed by atoms with van der Waals surface area (Å²) in [4.78, 5) is 25.7. The number of hydrogen-bond donors (Lipinski definition) is 2. The van der Waals surface area contributed by atoms with Gasteiger partial charge < -0.3 is 4.74 Å². The second-order valence-electron chi connectivity index (χ2n) is 6.87. The maximum atomic E-state index is 12.8. The number of fused-ring (bicyclic) bond motifs is 1. The van der Waals surface area contributed by atoms with Gasteiger partial charge in [0.05, 0.1) is 17.2 Å². The number of carbonyl (C=O) groups is 2. The predicted molar refractivity (Wildman–Crippen MR) is 132 cm³/mol. The Kier molecular flexibility index (Phi) is 7.09. The first-order chi connectivity index (χ1) is 15.5. The van der Waals surface area contributed by atoms with Crippen molar-refractivity contribution in [3.63, 3.8) is 0 Å². The summed E-state index contributed by atoms with van der Waals surface area (Å²) in [7, 11) is 0. The zero-order chi connectivity index (χ0) is 22.5. The number of halogens is 2. The van der Waals surface area contributed by atoms with Crippen LogP contribution in [-0.4, -0.2) is 18.4 Å². The van der Waals surface area contributed by atoms with Gasteiger partial charge in [0.1, 0.15) is 10.6 Å². The van der Waals surface area contributed by atoms with Gasteiger partial charge in [-0.05, 0) is 29.8 Å². The van der Waals surface area contributed by atoms with E-state index >= 15 is 0 Å². The Morgan fingerprint density at radius 3 is 2.44 bits per heavy atom. The first-order valence-corrected chi connectivity index (χ1v) is 11.8. The van der Waals surface area contributed by atoms with E-state index in [1.165, 1.54) is 11.3 Å². The third kappa shape index (κ3) is 5.12. The average Bonchev–Trinajstić information content (AvgIpc) is 3.15. The molecule has 0 fully saturated rings. The molecule has 0 spiro atoms. The van der Waals surface area contributed by atoms with Crippen molar-refractivity contribution in [1.29, 1.82) is 0 Å². The van der Waals surface area contributed by atoms with Crippen LogP contribution in [0, 0.1) is 0 Å². The zero-order valence-electron chi connectivity index (χ0n) is 16.7. The standard InChI is InChI=1S/C24H18BrClN2O3S/c25-16-10-11-19(31-13-12-15-6-2-1-3-7-15)18(14-16)23(29)27-28-24(30)22-21(26)17-8-4-5-9-20(17)32-22/h1-11,14H,12-13H2,(H,27,29)(H,28,30). The van der Waals surface area contributed by atoms with E-state index in [0.29, 0.717) is 34.2 Å². The monoisotopic (exact) mass is 528 g/mol. The smallest absolute Gasteiger partial charge is 0.281 e. The number of amides is 2. The molecule has 1 heterocycles. The van der Waals surface area contributed by atoms with Crippen LogP contribution >= 0.6 is 38.9 Å². The van der Waals surface area contributed by atoms with Crippen molar-refractivity contribution < 1.29 is 14.3 Å². The maximum absolute atomic E-state index is 12.8. The third-order valence-corrected chi connectivity index (χ3v) is 6.88. The molecule has 2 N–H and O–H groups in total. The van der Waals surface area contributed by atoms with Crippen LogP contribution in [0.4, 0.5) is 0 Å². The summed E-state index contributed by atoms with van der Waals surface area (Å²) in [6, 6.07) is 22.6. The highest BCUT2D eigenvalue weighted by Crippen LogP contribution is 2.34. The third-order valence-electron chi connectivity index (χ3n) is 4.71. The molecule has 0 atom stereocenters. The lowest BCUT2D eigenvalue weighted by Gasteiger charge is -2.13. The molecule has 0 saturated carbocycles. The number of thiophene rings is 1. The fourth-order valence-electron chi connectivity index (χ4n) is 3.13. The van der Waals surface area contributed by atoms with Crippen LogP contribution in [0.3, 0.4) is 0 Å². The second-order valence-corrected chi connectivity index (χ2v) is 9.22. The van der Waals surface area contributed by atoms with E-state index in [0.717, 1.165) is 20.1 Å². The maximum Gasteiger partial charge on any atom is 0.281 e. The molecule has 0 aliphatic heterocycles. The van der Waals surface area contributed by atoms with Crippen molar-refractivity contribution in [3.8, 4) is 5.75 Å². The van der Waals surface area contributed by atoms with Gasteiger partial charge in [-0.15, -0.1) is 11.3 Å². The highest BCUT2D eigenvalue weighted by molar-refractivity contribution is 9.10. The van der Waals surface area contributed by atoms with Crippen LogP contribution in [0.25, 0.3) is 10.1 Å². The molecule has 0 radical (unpaired) electrons. The molecule has 2 amide bonds. The summed E-state index contributed by atoms with van der Waals surface area (Å²) in [6.07, 6.45) is 0.707. The molecule has 162 valence electrons. The van der Waals surface area contributed by atoms with Crippen molar-refractivity contribution in [3.05, 3.63) is 98.3 Å². The highest BCUT2D eigenvalue weighted by atomic mass is 79.9. The summed E-state index contributed by atoms with van der Waals surface area (Å²) >= 11 is 11.0. The molecule has 8 heteroatoms. The van der Waals surface area contributed by atoms with Crippen molar-refractivity contribution in [2.24, 2.45) is 0 Å². The topological polar surface area (TPSA) is 67.4 Å². The molecule has 3 aromatic carbocycles. The Balaban J connectivity index is 1.42. The molecule has 0 bridgehead atoms. The van der Waals surface area contributed by atoms with Crippen molar-refractivity contribution in [2.75, 3.05) is 6.61 Å². The number of nitrogens with one attached hydrogen (secondary N) is 2. The van der Waals surface area contributed by atoms with Crippen LogP contribution in [-0.2, 0) is 6.42 Å². The van der Waals surface area contributed by atoms with Crippen LogP contribution < -0.4 is 15.6 Å². The van der Waals surface area contributed by atoms with E-state index < -0.39 is 11.8 Å². The Bertz CT molecular complexity index is 1280. The Morgan fingerprint density at radius 2 is 1.66 bits per heavy atom. The number of hydrazine groups is 1. The molecule has 5 nitrogen and oxygen atoms in total. The van der Waals surface area contributed by atoms with Crippen LogP contribution in [0.1, 0.15) is 25.6 Å². The van der Waals surface area contributed by atoms with Gasteiger partial charge in [0.15, 0.2) is 0 Å². The van der Waals surface area contributed by atoms with Crippen molar-refractivity contribution >= 4 is 60.8 Å². The van der Waals surface area contributed by atoms with Gasteiger partial charge in [-0.1, -0.05) is 76.1 Å². The normalized spacial score (nSPS) is 10.7. The largest absolute Gasteiger partial charge is 0.492 e. The minimum absolute atomic E-state index is 0.301. The molecule has 0 aliphatic rings. The number of ether oxygens (including phenoxy) is 1. The van der Waals surface area contributed by atoms with E-state index in [4.69, 9.17) is 16.3 Å². The SMILES string of the molecule is O=C(NNC(=O)c1sc2ccccc2c1Cl)c1cc(Br)ccc1OCCc1ccccc1. The highest BCUT2D eigenvalue weighted by Gasteiger charge is 2.19. The Morgan fingerprint density at radius 1 is 0.938 bits per heavy atom. The molecule has 0 saturated heterocycles. The van der Waals surface area contributed by atoms with Crippen molar-refractivity contribution in [1.82, 2.24) is 10.9 Å². The number of benzene rings is 3. The lowest BCUT2D eigenvalue weighted by Crippen LogP contribution is -2.41. The van der Waals surface area contributed by atoms with Gasteiger partial charge in [0.2, 0.25) is 0 Å². The molecule has 4 aromatic rings. The Labute approximate surface area is 202 Å². The first-order valence-electron chi connectivity index (χ1n) is 9.77. The minimum atomic E-state index is -0.494. The molecular weight excluding hydrogens is 512 g/mol. The first kappa shape index (κ1) is 22.3. The fraction of sp³-hybridized carbons (Fsp3) is 0.0833. The van der Waals surface area contributed by atoms with E-state index in [2.05, 4.69) is 26.8 Å². The summed E-state index contributed by atoms with van der Waals surface area (Å²) in [6.45, 7) is 0.412. The van der Waals surface area contributed by atoms with Gasteiger partial charge in [0.25, 0.3) is 11.8 Å². The Hall–Kier alpha value is -2.87. The second kappa shape index (κ2) is 10.2. The van der Waals surface area contributed by atoms with Crippen LogP contribution in [0.15, 0.2) is 77.3 Å². The van der Waals surface area contributed by atoms with E-state index in [9.17, 15) is 9.59 Å². The van der Waals surface area contributed by atoms with E-state index in [-0.39, 0.29) is 0 Å². The molecule has 4 rings (SSSR count). The van der Waals surface area contributed by atoms with Gasteiger partial charge in [-0.3, -0.25) is 20.4 Å². The summed E-state index contributed by atoms with van der Waals surface area (Å²) in [5.41, 5.74) is 6.34. The average molecular weight is 530 g/mol. The van der Waals surface area contributed by atoms with E-state index in [1.54, 1.807) is 18.2 Å². The molecule has 32 heavy (non-hydrogen) atoms. The van der Waals surface area contributed by atoms with E-state index in [1.807, 2.05) is 54.6 Å². The molecule has 0 unspecified atom stereocenters.